The maximum Gasteiger partial charge on any atom is 0.253 e. The predicted molar refractivity (Wildman–Crippen MR) is 105 cm³/mol. The third kappa shape index (κ3) is 4.66. The summed E-state index contributed by atoms with van der Waals surface area (Å²) in [4.78, 5) is 16.8. The van der Waals surface area contributed by atoms with Crippen LogP contribution in [0.3, 0.4) is 0 Å². The Kier molecular flexibility index (Phi) is 6.11. The summed E-state index contributed by atoms with van der Waals surface area (Å²) in [7, 11) is 1.46. The standard InChI is InChI=1S/C22H27FN2O2/c1-16(2)18-5-7-19(8-6-18)22(26)25-12-10-24(11-13-25)15-17-4-9-21(27-3)20(23)14-17/h4-9,14,16H,10-13,15H2,1-3H3. The van der Waals surface area contributed by atoms with Gasteiger partial charge in [0.1, 0.15) is 0 Å². The average Bonchev–Trinajstić information content (AvgIpc) is 2.68. The molecule has 0 N–H and O–H groups in total. The number of rotatable bonds is 5. The van der Waals surface area contributed by atoms with Crippen molar-refractivity contribution in [1.82, 2.24) is 9.80 Å². The molecule has 0 bridgehead atoms. The molecule has 144 valence electrons. The molecule has 1 fully saturated rings. The summed E-state index contributed by atoms with van der Waals surface area (Å²) in [6.45, 7) is 7.89. The van der Waals surface area contributed by atoms with Gasteiger partial charge in [-0.15, -0.1) is 0 Å². The van der Waals surface area contributed by atoms with Gasteiger partial charge in [0.15, 0.2) is 11.6 Å². The van der Waals surface area contributed by atoms with Crippen LogP contribution in [-0.2, 0) is 6.54 Å². The highest BCUT2D eigenvalue weighted by atomic mass is 19.1. The van der Waals surface area contributed by atoms with Crippen LogP contribution in [0.4, 0.5) is 4.39 Å². The zero-order valence-corrected chi connectivity index (χ0v) is 16.2. The van der Waals surface area contributed by atoms with Gasteiger partial charge in [-0.3, -0.25) is 9.69 Å². The lowest BCUT2D eigenvalue weighted by Gasteiger charge is -2.34. The number of nitrogens with zero attached hydrogens (tertiary/aromatic N) is 2. The first-order valence-corrected chi connectivity index (χ1v) is 9.42. The first-order chi connectivity index (χ1) is 13.0. The fourth-order valence-corrected chi connectivity index (χ4v) is 3.37. The van der Waals surface area contributed by atoms with E-state index in [9.17, 15) is 9.18 Å². The van der Waals surface area contributed by atoms with Gasteiger partial charge in [0, 0.05) is 38.3 Å². The molecule has 0 unspecified atom stereocenters. The third-order valence-corrected chi connectivity index (χ3v) is 5.11. The van der Waals surface area contributed by atoms with Gasteiger partial charge in [0.05, 0.1) is 7.11 Å². The minimum Gasteiger partial charge on any atom is -0.494 e. The normalized spacial score (nSPS) is 15.2. The quantitative estimate of drug-likeness (QED) is 0.800. The van der Waals surface area contributed by atoms with Crippen LogP contribution in [0.2, 0.25) is 0 Å². The molecule has 0 aromatic heterocycles. The summed E-state index contributed by atoms with van der Waals surface area (Å²) in [6, 6.07) is 13.0. The van der Waals surface area contributed by atoms with E-state index >= 15 is 0 Å². The van der Waals surface area contributed by atoms with Crippen LogP contribution in [-0.4, -0.2) is 49.0 Å². The van der Waals surface area contributed by atoms with Crippen molar-refractivity contribution in [3.05, 3.63) is 65.0 Å². The minimum absolute atomic E-state index is 0.0837. The van der Waals surface area contributed by atoms with Crippen LogP contribution in [0, 0.1) is 5.82 Å². The van der Waals surface area contributed by atoms with E-state index in [0.29, 0.717) is 25.6 Å². The van der Waals surface area contributed by atoms with E-state index in [0.717, 1.165) is 24.2 Å². The topological polar surface area (TPSA) is 32.8 Å². The van der Waals surface area contributed by atoms with Crippen molar-refractivity contribution in [2.45, 2.75) is 26.3 Å². The van der Waals surface area contributed by atoms with Crippen LogP contribution in [0.1, 0.15) is 41.3 Å². The number of carbonyl (C=O) groups excluding carboxylic acids is 1. The second kappa shape index (κ2) is 8.53. The van der Waals surface area contributed by atoms with Crippen LogP contribution in [0.15, 0.2) is 42.5 Å². The Morgan fingerprint density at radius 1 is 1.07 bits per heavy atom. The highest BCUT2D eigenvalue weighted by Gasteiger charge is 2.22. The van der Waals surface area contributed by atoms with Crippen LogP contribution < -0.4 is 4.74 Å². The van der Waals surface area contributed by atoms with E-state index in [4.69, 9.17) is 4.74 Å². The molecule has 3 rings (SSSR count). The first-order valence-electron chi connectivity index (χ1n) is 9.42. The first kappa shape index (κ1) is 19.4. The lowest BCUT2D eigenvalue weighted by atomic mass is 10.0. The number of methoxy groups -OCH3 is 1. The highest BCUT2D eigenvalue weighted by molar-refractivity contribution is 5.94. The van der Waals surface area contributed by atoms with Gasteiger partial charge in [-0.25, -0.2) is 4.39 Å². The van der Waals surface area contributed by atoms with E-state index < -0.39 is 0 Å². The van der Waals surface area contributed by atoms with Crippen molar-refractivity contribution in [3.8, 4) is 5.75 Å². The van der Waals surface area contributed by atoms with Crippen molar-refractivity contribution in [3.63, 3.8) is 0 Å². The highest BCUT2D eigenvalue weighted by Crippen LogP contribution is 2.20. The summed E-state index contributed by atoms with van der Waals surface area (Å²) in [5.74, 6) is 0.465. The SMILES string of the molecule is COc1ccc(CN2CCN(C(=O)c3ccc(C(C)C)cc3)CC2)cc1F. The smallest absolute Gasteiger partial charge is 0.253 e. The fraction of sp³-hybridized carbons (Fsp3) is 0.409. The molecule has 0 aliphatic carbocycles. The Morgan fingerprint density at radius 3 is 2.30 bits per heavy atom. The van der Waals surface area contributed by atoms with Crippen LogP contribution >= 0.6 is 0 Å². The van der Waals surface area contributed by atoms with Gasteiger partial charge in [-0.1, -0.05) is 32.0 Å². The molecule has 2 aromatic carbocycles. The number of piperazine rings is 1. The summed E-state index contributed by atoms with van der Waals surface area (Å²) >= 11 is 0. The maximum atomic E-state index is 13.8. The third-order valence-electron chi connectivity index (χ3n) is 5.11. The lowest BCUT2D eigenvalue weighted by Crippen LogP contribution is -2.48. The van der Waals surface area contributed by atoms with Crippen molar-refractivity contribution in [2.75, 3.05) is 33.3 Å². The molecule has 1 saturated heterocycles. The molecule has 0 atom stereocenters. The molecular formula is C22H27FN2O2. The maximum absolute atomic E-state index is 13.8. The van der Waals surface area contributed by atoms with Gasteiger partial charge >= 0.3 is 0 Å². The van der Waals surface area contributed by atoms with E-state index in [-0.39, 0.29) is 17.5 Å². The Morgan fingerprint density at radius 2 is 1.74 bits per heavy atom. The Hall–Kier alpha value is -2.40. The van der Waals surface area contributed by atoms with Crippen molar-refractivity contribution < 1.29 is 13.9 Å². The van der Waals surface area contributed by atoms with Gasteiger partial charge < -0.3 is 9.64 Å². The second-order valence-corrected chi connectivity index (χ2v) is 7.31. The Labute approximate surface area is 160 Å². The molecule has 1 aliphatic heterocycles. The molecule has 4 nitrogen and oxygen atoms in total. The van der Waals surface area contributed by atoms with Gasteiger partial charge in [0.25, 0.3) is 5.91 Å². The Bertz CT molecular complexity index is 781. The number of hydrogen-bond donors (Lipinski definition) is 0. The van der Waals surface area contributed by atoms with Crippen LogP contribution in [0.25, 0.3) is 0 Å². The fourth-order valence-electron chi connectivity index (χ4n) is 3.37. The molecular weight excluding hydrogens is 343 g/mol. The zero-order valence-electron chi connectivity index (χ0n) is 16.2. The molecule has 5 heteroatoms. The molecule has 1 aliphatic rings. The minimum atomic E-state index is -0.339. The van der Waals surface area contributed by atoms with Crippen LogP contribution in [0.5, 0.6) is 5.75 Å². The summed E-state index contributed by atoms with van der Waals surface area (Å²) in [5, 5.41) is 0. The lowest BCUT2D eigenvalue weighted by molar-refractivity contribution is 0.0628. The predicted octanol–water partition coefficient (Wildman–Crippen LogP) is 3.92. The number of hydrogen-bond acceptors (Lipinski definition) is 3. The molecule has 27 heavy (non-hydrogen) atoms. The van der Waals surface area contributed by atoms with Gasteiger partial charge in [-0.05, 0) is 41.3 Å². The molecule has 0 radical (unpaired) electrons. The Balaban J connectivity index is 1.55. The monoisotopic (exact) mass is 370 g/mol. The summed E-state index contributed by atoms with van der Waals surface area (Å²) < 4.78 is 18.8. The number of amides is 1. The summed E-state index contributed by atoms with van der Waals surface area (Å²) in [6.07, 6.45) is 0. The van der Waals surface area contributed by atoms with Crippen molar-refractivity contribution in [1.29, 1.82) is 0 Å². The molecule has 0 spiro atoms. The number of halogens is 1. The van der Waals surface area contributed by atoms with Gasteiger partial charge in [-0.2, -0.15) is 0 Å². The van der Waals surface area contributed by atoms with E-state index in [1.54, 1.807) is 6.07 Å². The van der Waals surface area contributed by atoms with Crippen molar-refractivity contribution in [2.24, 2.45) is 0 Å². The van der Waals surface area contributed by atoms with Gasteiger partial charge in [0.2, 0.25) is 0 Å². The zero-order chi connectivity index (χ0) is 19.4. The molecule has 2 aromatic rings. The molecule has 1 amide bonds. The van der Waals surface area contributed by atoms with E-state index in [1.807, 2.05) is 35.2 Å². The average molecular weight is 370 g/mol. The number of ether oxygens (including phenoxy) is 1. The van der Waals surface area contributed by atoms with E-state index in [1.165, 1.54) is 18.7 Å². The number of carbonyl (C=O) groups is 1. The summed E-state index contributed by atoms with van der Waals surface area (Å²) in [5.41, 5.74) is 2.89. The largest absolute Gasteiger partial charge is 0.494 e. The second-order valence-electron chi connectivity index (χ2n) is 7.31. The van der Waals surface area contributed by atoms with Crippen molar-refractivity contribution >= 4 is 5.91 Å². The van der Waals surface area contributed by atoms with E-state index in [2.05, 4.69) is 18.7 Å². The molecule has 1 heterocycles. The number of benzene rings is 2. The molecule has 0 saturated carbocycles.